The summed E-state index contributed by atoms with van der Waals surface area (Å²) in [6, 6.07) is 0.130. The van der Waals surface area contributed by atoms with Gasteiger partial charge in [-0.05, 0) is 67.7 Å². The average molecular weight is 435 g/mol. The van der Waals surface area contributed by atoms with Crippen LogP contribution in [0.2, 0.25) is 0 Å². The molecule has 0 saturated carbocycles. The monoisotopic (exact) mass is 435 g/mol. The van der Waals surface area contributed by atoms with Crippen molar-refractivity contribution in [3.63, 3.8) is 0 Å². The number of thioether (sulfide) groups is 1. The van der Waals surface area contributed by atoms with E-state index >= 15 is 0 Å². The quantitative estimate of drug-likeness (QED) is 0.406. The summed E-state index contributed by atoms with van der Waals surface area (Å²) >= 11 is 1.56. The first-order valence-electron chi connectivity index (χ1n) is 10.7. The van der Waals surface area contributed by atoms with Crippen LogP contribution in [0.5, 0.6) is 0 Å². The third-order valence-electron chi connectivity index (χ3n) is 5.83. The number of nitrogens with zero attached hydrogens (tertiary/aromatic N) is 3. The largest absolute Gasteiger partial charge is 0.498 e. The second kappa shape index (κ2) is 8.67. The SMILES string of the molecule is CC(C)(C)OC(=O)N1CCCC[C@@H]1CSc1ncc(B2OC(C)(C)C(C)(C)O2)cn1. The molecule has 1 amide bonds. The Morgan fingerprint density at radius 2 is 1.80 bits per heavy atom. The highest BCUT2D eigenvalue weighted by Gasteiger charge is 2.52. The number of amides is 1. The van der Waals surface area contributed by atoms with Crippen LogP contribution in [0.15, 0.2) is 17.6 Å². The Hall–Kier alpha value is -1.32. The summed E-state index contributed by atoms with van der Waals surface area (Å²) in [6.45, 7) is 14.5. The van der Waals surface area contributed by atoms with Crippen molar-refractivity contribution >= 4 is 30.4 Å². The molecule has 2 aliphatic heterocycles. The van der Waals surface area contributed by atoms with Crippen molar-refractivity contribution in [1.29, 1.82) is 0 Å². The van der Waals surface area contributed by atoms with E-state index in [0.717, 1.165) is 37.0 Å². The molecule has 2 saturated heterocycles. The molecule has 0 bridgehead atoms. The maximum Gasteiger partial charge on any atom is 0.498 e. The Labute approximate surface area is 184 Å². The van der Waals surface area contributed by atoms with Crippen molar-refractivity contribution in [1.82, 2.24) is 14.9 Å². The van der Waals surface area contributed by atoms with Crippen LogP contribution in [0.25, 0.3) is 0 Å². The van der Waals surface area contributed by atoms with Crippen molar-refractivity contribution in [2.45, 2.75) is 95.7 Å². The maximum absolute atomic E-state index is 12.6. The first-order chi connectivity index (χ1) is 13.9. The summed E-state index contributed by atoms with van der Waals surface area (Å²) < 4.78 is 17.7. The van der Waals surface area contributed by atoms with E-state index in [1.165, 1.54) is 0 Å². The number of hydrogen-bond acceptors (Lipinski definition) is 7. The van der Waals surface area contributed by atoms with E-state index < -0.39 is 23.9 Å². The molecule has 30 heavy (non-hydrogen) atoms. The fraction of sp³-hybridized carbons (Fsp3) is 0.762. The van der Waals surface area contributed by atoms with Gasteiger partial charge in [-0.25, -0.2) is 14.8 Å². The zero-order valence-corrected chi connectivity index (χ0v) is 20.0. The van der Waals surface area contributed by atoms with Crippen LogP contribution in [0.3, 0.4) is 0 Å². The second-order valence-corrected chi connectivity index (χ2v) is 11.0. The van der Waals surface area contributed by atoms with Crippen LogP contribution in [0, 0.1) is 0 Å². The molecule has 0 aliphatic carbocycles. The van der Waals surface area contributed by atoms with E-state index in [2.05, 4.69) is 9.97 Å². The molecule has 1 aromatic rings. The van der Waals surface area contributed by atoms with E-state index in [9.17, 15) is 4.79 Å². The van der Waals surface area contributed by atoms with Gasteiger partial charge in [0.2, 0.25) is 0 Å². The molecule has 9 heteroatoms. The number of carbonyl (C=O) groups excluding carboxylic acids is 1. The fourth-order valence-electron chi connectivity index (χ4n) is 3.41. The van der Waals surface area contributed by atoms with Gasteiger partial charge in [0.05, 0.1) is 11.2 Å². The first kappa shape index (κ1) is 23.4. The molecule has 2 fully saturated rings. The zero-order chi connectivity index (χ0) is 22.2. The lowest BCUT2D eigenvalue weighted by Gasteiger charge is -2.36. The minimum absolute atomic E-state index is 0.130. The molecule has 2 aliphatic rings. The van der Waals surface area contributed by atoms with Crippen molar-refractivity contribution in [2.75, 3.05) is 12.3 Å². The summed E-state index contributed by atoms with van der Waals surface area (Å²) in [7, 11) is -0.463. The van der Waals surface area contributed by atoms with Gasteiger partial charge in [0.1, 0.15) is 5.60 Å². The maximum atomic E-state index is 12.6. The smallest absolute Gasteiger partial charge is 0.444 e. The number of likely N-dealkylation sites (tertiary alicyclic amines) is 1. The summed E-state index contributed by atoms with van der Waals surface area (Å²) in [6.07, 6.45) is 6.41. The highest BCUT2D eigenvalue weighted by atomic mass is 32.2. The number of piperidine rings is 1. The minimum atomic E-state index is -0.487. The molecule has 0 spiro atoms. The predicted molar refractivity (Wildman–Crippen MR) is 119 cm³/mol. The van der Waals surface area contributed by atoms with Crippen LogP contribution in [0.1, 0.15) is 67.7 Å². The van der Waals surface area contributed by atoms with Gasteiger partial charge >= 0.3 is 13.2 Å². The van der Waals surface area contributed by atoms with Gasteiger partial charge in [-0.1, -0.05) is 11.8 Å². The van der Waals surface area contributed by atoms with E-state index in [-0.39, 0.29) is 12.1 Å². The average Bonchev–Trinajstić information content (AvgIpc) is 2.86. The molecule has 1 atom stereocenters. The fourth-order valence-corrected chi connectivity index (χ4v) is 4.35. The normalized spacial score (nSPS) is 23.5. The molecule has 3 heterocycles. The topological polar surface area (TPSA) is 73.8 Å². The van der Waals surface area contributed by atoms with E-state index in [0.29, 0.717) is 5.16 Å². The summed E-state index contributed by atoms with van der Waals surface area (Å²) in [5, 5.41) is 0.685. The number of carbonyl (C=O) groups is 1. The van der Waals surface area contributed by atoms with Gasteiger partial charge in [0.15, 0.2) is 5.16 Å². The first-order valence-corrected chi connectivity index (χ1v) is 11.7. The van der Waals surface area contributed by atoms with Gasteiger partial charge < -0.3 is 18.9 Å². The molecule has 0 unspecified atom stereocenters. The highest BCUT2D eigenvalue weighted by molar-refractivity contribution is 7.99. The number of hydrogen-bond donors (Lipinski definition) is 0. The Bertz CT molecular complexity index is 736. The molecule has 166 valence electrons. The zero-order valence-electron chi connectivity index (χ0n) is 19.2. The third kappa shape index (κ3) is 5.48. The molecular formula is C21H34BN3O4S. The summed E-state index contributed by atoms with van der Waals surface area (Å²) in [5.74, 6) is 0.745. The lowest BCUT2D eigenvalue weighted by atomic mass is 9.81. The number of aromatic nitrogens is 2. The van der Waals surface area contributed by atoms with Gasteiger partial charge in [-0.3, -0.25) is 0 Å². The van der Waals surface area contributed by atoms with Gasteiger partial charge in [-0.15, -0.1) is 0 Å². The minimum Gasteiger partial charge on any atom is -0.444 e. The third-order valence-corrected chi connectivity index (χ3v) is 6.85. The molecule has 0 radical (unpaired) electrons. The number of ether oxygens (including phenoxy) is 1. The Morgan fingerprint density at radius 1 is 1.20 bits per heavy atom. The van der Waals surface area contributed by atoms with Crippen LogP contribution < -0.4 is 5.46 Å². The van der Waals surface area contributed by atoms with Crippen molar-refractivity contribution in [3.05, 3.63) is 12.4 Å². The van der Waals surface area contributed by atoms with Crippen molar-refractivity contribution < 1.29 is 18.8 Å². The predicted octanol–water partition coefficient (Wildman–Crippen LogP) is 3.66. The number of rotatable bonds is 4. The Balaban J connectivity index is 1.58. The summed E-state index contributed by atoms with van der Waals surface area (Å²) in [4.78, 5) is 23.4. The Kier molecular flexibility index (Phi) is 6.75. The molecule has 3 rings (SSSR count). The van der Waals surface area contributed by atoms with Crippen molar-refractivity contribution in [2.24, 2.45) is 0 Å². The molecule has 7 nitrogen and oxygen atoms in total. The highest BCUT2D eigenvalue weighted by Crippen LogP contribution is 2.36. The lowest BCUT2D eigenvalue weighted by molar-refractivity contribution is 0.00578. The Morgan fingerprint density at radius 3 is 2.37 bits per heavy atom. The lowest BCUT2D eigenvalue weighted by Crippen LogP contribution is -2.47. The van der Waals surface area contributed by atoms with Crippen LogP contribution in [0.4, 0.5) is 4.79 Å². The van der Waals surface area contributed by atoms with Gasteiger partial charge in [0, 0.05) is 36.2 Å². The van der Waals surface area contributed by atoms with E-state index in [1.807, 2.05) is 53.4 Å². The second-order valence-electron chi connectivity index (χ2n) is 10.0. The summed E-state index contributed by atoms with van der Waals surface area (Å²) in [5.41, 5.74) is -0.460. The molecule has 1 aromatic heterocycles. The molecular weight excluding hydrogens is 401 g/mol. The van der Waals surface area contributed by atoms with Crippen LogP contribution in [-0.2, 0) is 14.0 Å². The standard InChI is InChI=1S/C21H34BN3O4S/c1-19(2,3)27-18(26)25-11-9-8-10-16(25)14-30-17-23-12-15(13-24-17)22-28-20(4,5)21(6,7)29-22/h12-13,16H,8-11,14H2,1-7H3/t16-/m1/s1. The van der Waals surface area contributed by atoms with Crippen LogP contribution >= 0.6 is 11.8 Å². The van der Waals surface area contributed by atoms with Gasteiger partial charge in [0.25, 0.3) is 0 Å². The van der Waals surface area contributed by atoms with E-state index in [1.54, 1.807) is 24.2 Å². The van der Waals surface area contributed by atoms with Crippen molar-refractivity contribution in [3.8, 4) is 0 Å². The van der Waals surface area contributed by atoms with E-state index in [4.69, 9.17) is 14.0 Å². The van der Waals surface area contributed by atoms with Crippen LogP contribution in [-0.4, -0.2) is 63.2 Å². The molecule has 0 N–H and O–H groups in total. The van der Waals surface area contributed by atoms with Gasteiger partial charge in [-0.2, -0.15) is 0 Å². The molecule has 0 aromatic carbocycles.